The molecule has 0 aromatic heterocycles. The van der Waals surface area contributed by atoms with Gasteiger partial charge in [0.1, 0.15) is 12.1 Å². The smallest absolute Gasteiger partial charge is 0.326 e. The van der Waals surface area contributed by atoms with Crippen LogP contribution in [-0.4, -0.2) is 103 Å². The van der Waals surface area contributed by atoms with Crippen molar-refractivity contribution in [3.05, 3.63) is 33.8 Å². The molecule has 0 bridgehead atoms. The van der Waals surface area contributed by atoms with Gasteiger partial charge in [-0.15, -0.1) is 0 Å². The Kier molecular flexibility index (Phi) is 11.1. The van der Waals surface area contributed by atoms with Crippen molar-refractivity contribution in [2.45, 2.75) is 63.7 Å². The first-order chi connectivity index (χ1) is 17.3. The summed E-state index contributed by atoms with van der Waals surface area (Å²) in [5.41, 5.74) is 7.75. The number of hydrogen-bond acceptors (Lipinski definition) is 7. The van der Waals surface area contributed by atoms with Gasteiger partial charge in [0.2, 0.25) is 11.8 Å². The average molecular weight is 584 g/mol. The minimum absolute atomic E-state index is 0.0874. The molecule has 4 atom stereocenters. The number of likely N-dealkylation sites (tertiary alicyclic amines) is 1. The molecule has 11 heteroatoms. The van der Waals surface area contributed by atoms with Crippen LogP contribution in [0.3, 0.4) is 0 Å². The highest BCUT2D eigenvalue weighted by Gasteiger charge is 2.44. The number of carbonyl (C=O) groups excluding carboxylic acids is 3. The topological polar surface area (TPSA) is 133 Å². The van der Waals surface area contributed by atoms with Gasteiger partial charge in [0.25, 0.3) is 0 Å². The fraction of sp³-hybridized carbons (Fsp3) is 0.615. The number of carboxylic acid groups (broad SMARTS) is 1. The van der Waals surface area contributed by atoms with Crippen LogP contribution in [0.4, 0.5) is 0 Å². The van der Waals surface area contributed by atoms with Gasteiger partial charge in [0.05, 0.1) is 19.2 Å². The maximum atomic E-state index is 13.5. The van der Waals surface area contributed by atoms with Crippen LogP contribution in [-0.2, 0) is 36.8 Å². The molecule has 1 aromatic rings. The fourth-order valence-electron chi connectivity index (χ4n) is 5.00. The van der Waals surface area contributed by atoms with Crippen LogP contribution in [0.15, 0.2) is 22.7 Å². The van der Waals surface area contributed by atoms with Crippen molar-refractivity contribution in [1.29, 1.82) is 0 Å². The fourth-order valence-corrected chi connectivity index (χ4v) is 5.59. The first kappa shape index (κ1) is 30.7. The van der Waals surface area contributed by atoms with Gasteiger partial charge in [-0.3, -0.25) is 19.3 Å². The molecule has 0 saturated carbocycles. The Hall–Kier alpha value is -2.50. The van der Waals surface area contributed by atoms with Crippen LogP contribution < -0.4 is 5.73 Å². The lowest BCUT2D eigenvalue weighted by Gasteiger charge is -2.35. The summed E-state index contributed by atoms with van der Waals surface area (Å²) in [6.07, 6.45) is 1.83. The molecule has 2 amide bonds. The Labute approximate surface area is 227 Å². The van der Waals surface area contributed by atoms with Crippen molar-refractivity contribution in [2.75, 3.05) is 34.8 Å². The summed E-state index contributed by atoms with van der Waals surface area (Å²) >= 11 is 3.51. The van der Waals surface area contributed by atoms with Crippen molar-refractivity contribution in [2.24, 2.45) is 11.7 Å². The van der Waals surface area contributed by atoms with E-state index >= 15 is 0 Å². The maximum absolute atomic E-state index is 13.5. The van der Waals surface area contributed by atoms with Gasteiger partial charge < -0.3 is 25.4 Å². The first-order valence-corrected chi connectivity index (χ1v) is 13.2. The zero-order chi connectivity index (χ0) is 28.0. The summed E-state index contributed by atoms with van der Waals surface area (Å²) in [6, 6.07) is 2.98. The second kappa shape index (κ2) is 13.3. The summed E-state index contributed by atoms with van der Waals surface area (Å²) in [5.74, 6) is -2.19. The molecule has 0 unspecified atom stereocenters. The van der Waals surface area contributed by atoms with Gasteiger partial charge in [-0.1, -0.05) is 35.8 Å². The third kappa shape index (κ3) is 7.75. The molecular weight excluding hydrogens is 544 g/mol. The second-order valence-electron chi connectivity index (χ2n) is 10.1. The predicted octanol–water partition coefficient (Wildman–Crippen LogP) is 1.52. The Morgan fingerprint density at radius 3 is 2.16 bits per heavy atom. The van der Waals surface area contributed by atoms with E-state index in [1.165, 1.54) is 24.0 Å². The molecule has 1 aliphatic rings. The normalized spacial score (nSPS) is 19.4. The molecule has 0 spiro atoms. The number of likely N-dealkylation sites (N-methyl/N-ethyl adjacent to an activating group) is 2. The lowest BCUT2D eigenvalue weighted by Crippen LogP contribution is -2.55. The zero-order valence-electron chi connectivity index (χ0n) is 22.4. The zero-order valence-corrected chi connectivity index (χ0v) is 24.0. The standard InChI is InChI=1S/C26H39BrN4O6/c1-15(2)22(25(34)35)30(5)24(33)21-8-7-20(23(32)29(3)4)31(21)10-9-16-11-17(13-18(27)12-16)14-19(28)26(36)37-6/h11-13,15,19-22H,7-10,14,28H2,1-6H3,(H,34,35)/t19-,20-,21+,22-/m0/s1. The summed E-state index contributed by atoms with van der Waals surface area (Å²) in [6.45, 7) is 3.96. The van der Waals surface area contributed by atoms with Crippen molar-refractivity contribution < 1.29 is 29.0 Å². The highest BCUT2D eigenvalue weighted by molar-refractivity contribution is 9.10. The average Bonchev–Trinajstić information content (AvgIpc) is 3.23. The summed E-state index contributed by atoms with van der Waals surface area (Å²) in [5, 5.41) is 9.69. The second-order valence-corrected chi connectivity index (χ2v) is 11.0. The predicted molar refractivity (Wildman–Crippen MR) is 143 cm³/mol. The molecule has 1 heterocycles. The van der Waals surface area contributed by atoms with E-state index in [2.05, 4.69) is 15.9 Å². The van der Waals surface area contributed by atoms with E-state index < -0.39 is 36.1 Å². The number of carbonyl (C=O) groups is 4. The van der Waals surface area contributed by atoms with Crippen molar-refractivity contribution in [3.8, 4) is 0 Å². The number of amides is 2. The van der Waals surface area contributed by atoms with Crippen LogP contribution >= 0.6 is 15.9 Å². The Morgan fingerprint density at radius 2 is 1.65 bits per heavy atom. The number of methoxy groups -OCH3 is 1. The van der Waals surface area contributed by atoms with Crippen LogP contribution in [0.25, 0.3) is 0 Å². The highest BCUT2D eigenvalue weighted by atomic mass is 79.9. The number of aliphatic carboxylic acids is 1. The van der Waals surface area contributed by atoms with Crippen LogP contribution in [0.2, 0.25) is 0 Å². The van der Waals surface area contributed by atoms with E-state index in [0.29, 0.717) is 32.2 Å². The van der Waals surface area contributed by atoms with E-state index in [1.54, 1.807) is 27.9 Å². The molecule has 0 aliphatic carbocycles. The number of rotatable bonds is 11. The highest BCUT2D eigenvalue weighted by Crippen LogP contribution is 2.29. The minimum Gasteiger partial charge on any atom is -0.480 e. The molecule has 1 aromatic carbocycles. The molecule has 206 valence electrons. The van der Waals surface area contributed by atoms with Gasteiger partial charge in [-0.25, -0.2) is 4.79 Å². The lowest BCUT2D eigenvalue weighted by molar-refractivity contribution is -0.153. The number of ether oxygens (including phenoxy) is 1. The molecule has 3 N–H and O–H groups in total. The molecule has 1 saturated heterocycles. The van der Waals surface area contributed by atoms with Gasteiger partial charge in [0.15, 0.2) is 0 Å². The first-order valence-electron chi connectivity index (χ1n) is 12.4. The number of hydrogen-bond donors (Lipinski definition) is 2. The largest absolute Gasteiger partial charge is 0.480 e. The van der Waals surface area contributed by atoms with E-state index in [1.807, 2.05) is 23.1 Å². The van der Waals surface area contributed by atoms with Crippen molar-refractivity contribution >= 4 is 39.7 Å². The van der Waals surface area contributed by atoms with Crippen LogP contribution in [0, 0.1) is 5.92 Å². The maximum Gasteiger partial charge on any atom is 0.326 e. The molecule has 1 aliphatic heterocycles. The number of esters is 1. The Bertz CT molecular complexity index is 1000. The van der Waals surface area contributed by atoms with Crippen LogP contribution in [0.5, 0.6) is 0 Å². The SMILES string of the molecule is COC(=O)[C@@H](N)Cc1cc(Br)cc(CCN2[C@@H](C(=O)N(C)[C@H](C(=O)O)C(C)C)CC[C@H]2C(=O)N(C)C)c1. The van der Waals surface area contributed by atoms with Gasteiger partial charge in [0, 0.05) is 32.2 Å². The quantitative estimate of drug-likeness (QED) is 0.375. The van der Waals surface area contributed by atoms with E-state index in [-0.39, 0.29) is 17.7 Å². The number of halogens is 1. The summed E-state index contributed by atoms with van der Waals surface area (Å²) in [4.78, 5) is 54.8. The van der Waals surface area contributed by atoms with Gasteiger partial charge >= 0.3 is 11.9 Å². The number of nitrogens with zero attached hydrogens (tertiary/aromatic N) is 3. The Balaban J connectivity index is 2.29. The third-order valence-electron chi connectivity index (χ3n) is 6.81. The lowest BCUT2D eigenvalue weighted by atomic mass is 10.0. The summed E-state index contributed by atoms with van der Waals surface area (Å²) in [7, 11) is 6.19. The molecule has 37 heavy (non-hydrogen) atoms. The number of carboxylic acids is 1. The van der Waals surface area contributed by atoms with E-state index in [4.69, 9.17) is 10.5 Å². The number of nitrogens with two attached hydrogens (primary N) is 1. The van der Waals surface area contributed by atoms with E-state index in [9.17, 15) is 24.3 Å². The number of benzene rings is 1. The van der Waals surface area contributed by atoms with Crippen LogP contribution in [0.1, 0.15) is 37.8 Å². The molecule has 0 radical (unpaired) electrons. The summed E-state index contributed by atoms with van der Waals surface area (Å²) < 4.78 is 5.55. The third-order valence-corrected chi connectivity index (χ3v) is 7.27. The van der Waals surface area contributed by atoms with Gasteiger partial charge in [-0.2, -0.15) is 0 Å². The molecule has 10 nitrogen and oxygen atoms in total. The van der Waals surface area contributed by atoms with Crippen molar-refractivity contribution in [1.82, 2.24) is 14.7 Å². The Morgan fingerprint density at radius 1 is 1.08 bits per heavy atom. The van der Waals surface area contributed by atoms with Gasteiger partial charge in [-0.05, 0) is 54.9 Å². The monoisotopic (exact) mass is 582 g/mol. The molecule has 1 fully saturated rings. The minimum atomic E-state index is -1.05. The van der Waals surface area contributed by atoms with E-state index in [0.717, 1.165) is 15.6 Å². The molecule has 2 rings (SSSR count). The van der Waals surface area contributed by atoms with Crippen molar-refractivity contribution in [3.63, 3.8) is 0 Å². The molecular formula is C26H39BrN4O6.